The summed E-state index contributed by atoms with van der Waals surface area (Å²) in [5.74, 6) is 0.923. The molecule has 2 heterocycles. The van der Waals surface area contributed by atoms with Gasteiger partial charge in [0.25, 0.3) is 0 Å². The molecule has 0 radical (unpaired) electrons. The molecule has 0 aliphatic rings. The van der Waals surface area contributed by atoms with E-state index in [0.717, 1.165) is 47.6 Å². The van der Waals surface area contributed by atoms with Crippen LogP contribution in [0.15, 0.2) is 41.7 Å². The van der Waals surface area contributed by atoms with Crippen LogP contribution in [0.25, 0.3) is 16.4 Å². The minimum atomic E-state index is -0.0842. The molecule has 0 saturated heterocycles. The van der Waals surface area contributed by atoms with Crippen molar-refractivity contribution in [2.24, 2.45) is 0 Å². The maximum atomic E-state index is 11.3. The molecule has 6 heteroatoms. The van der Waals surface area contributed by atoms with Crippen LogP contribution >= 0.6 is 11.8 Å². The number of aromatic nitrogens is 3. The van der Waals surface area contributed by atoms with Crippen LogP contribution in [0.2, 0.25) is 0 Å². The highest BCUT2D eigenvalue weighted by Gasteiger charge is 2.08. The van der Waals surface area contributed by atoms with Gasteiger partial charge in [-0.3, -0.25) is 9.20 Å². The fourth-order valence-corrected chi connectivity index (χ4v) is 3.73. The topological polar surface area (TPSA) is 56.5 Å². The van der Waals surface area contributed by atoms with Gasteiger partial charge in [-0.25, -0.2) is 0 Å². The number of hydrogen-bond donors (Lipinski definition) is 0. The number of carbonyl (C=O) groups is 1. The van der Waals surface area contributed by atoms with Crippen LogP contribution < -0.4 is 0 Å². The Morgan fingerprint density at radius 1 is 1.12 bits per heavy atom. The number of hydrogen-bond acceptors (Lipinski definition) is 5. The van der Waals surface area contributed by atoms with Gasteiger partial charge in [0, 0.05) is 23.8 Å². The smallest absolute Gasteiger partial charge is 0.305 e. The van der Waals surface area contributed by atoms with Crippen LogP contribution in [0.3, 0.4) is 0 Å². The average molecular weight is 357 g/mol. The number of benzene rings is 1. The van der Waals surface area contributed by atoms with Crippen molar-refractivity contribution in [3.63, 3.8) is 0 Å². The molecule has 3 rings (SSSR count). The summed E-state index contributed by atoms with van der Waals surface area (Å²) in [6, 6.07) is 10.3. The Balaban J connectivity index is 1.46. The van der Waals surface area contributed by atoms with E-state index < -0.39 is 0 Å². The Labute approximate surface area is 151 Å². The van der Waals surface area contributed by atoms with Crippen molar-refractivity contribution < 1.29 is 9.53 Å². The van der Waals surface area contributed by atoms with Crippen LogP contribution in [0.5, 0.6) is 0 Å². The Hall–Kier alpha value is -2.08. The first kappa shape index (κ1) is 17.7. The quantitative estimate of drug-likeness (QED) is 0.321. The first-order chi connectivity index (χ1) is 12.3. The van der Waals surface area contributed by atoms with Gasteiger partial charge in [0.15, 0.2) is 10.8 Å². The number of carbonyl (C=O) groups excluding carboxylic acids is 1. The van der Waals surface area contributed by atoms with Crippen molar-refractivity contribution in [2.45, 2.75) is 44.2 Å². The number of pyridine rings is 1. The lowest BCUT2D eigenvalue weighted by molar-refractivity contribution is -0.143. The molecule has 0 unspecified atom stereocenters. The van der Waals surface area contributed by atoms with Gasteiger partial charge in [0.1, 0.15) is 0 Å². The number of thioether (sulfide) groups is 1. The fourth-order valence-electron chi connectivity index (χ4n) is 2.82. The van der Waals surface area contributed by atoms with Crippen LogP contribution in [0.1, 0.15) is 39.0 Å². The summed E-state index contributed by atoms with van der Waals surface area (Å²) in [5.41, 5.74) is 0.912. The van der Waals surface area contributed by atoms with E-state index in [-0.39, 0.29) is 5.97 Å². The molecule has 0 atom stereocenters. The predicted molar refractivity (Wildman–Crippen MR) is 101 cm³/mol. The largest absolute Gasteiger partial charge is 0.466 e. The molecule has 1 aromatic carbocycles. The molecule has 0 aliphatic carbocycles. The Morgan fingerprint density at radius 3 is 2.84 bits per heavy atom. The van der Waals surface area contributed by atoms with Crippen molar-refractivity contribution in [1.29, 1.82) is 0 Å². The monoisotopic (exact) mass is 357 g/mol. The highest BCUT2D eigenvalue weighted by molar-refractivity contribution is 7.99. The molecule has 3 aromatic rings. The first-order valence-electron chi connectivity index (χ1n) is 8.80. The van der Waals surface area contributed by atoms with Gasteiger partial charge in [-0.2, -0.15) is 0 Å². The first-order valence-corrected chi connectivity index (χ1v) is 9.79. The molecular weight excluding hydrogens is 334 g/mol. The third-order valence-electron chi connectivity index (χ3n) is 4.08. The molecule has 2 aromatic heterocycles. The van der Waals surface area contributed by atoms with Crippen LogP contribution in [0, 0.1) is 0 Å². The van der Waals surface area contributed by atoms with Crippen LogP contribution in [-0.2, 0) is 9.53 Å². The Morgan fingerprint density at radius 2 is 1.96 bits per heavy atom. The van der Waals surface area contributed by atoms with Crippen molar-refractivity contribution in [1.82, 2.24) is 14.6 Å². The average Bonchev–Trinajstić information content (AvgIpc) is 3.05. The number of esters is 1. The second-order valence-corrected chi connectivity index (χ2v) is 6.96. The number of nitrogens with zero attached hydrogens (tertiary/aromatic N) is 3. The molecule has 0 bridgehead atoms. The van der Waals surface area contributed by atoms with Gasteiger partial charge in [0.05, 0.1) is 6.61 Å². The van der Waals surface area contributed by atoms with Gasteiger partial charge in [0.2, 0.25) is 0 Å². The molecule has 0 aliphatic heterocycles. The molecule has 0 amide bonds. The number of ether oxygens (including phenoxy) is 1. The summed E-state index contributed by atoms with van der Waals surface area (Å²) in [4.78, 5) is 11.3. The van der Waals surface area contributed by atoms with Crippen LogP contribution in [-0.4, -0.2) is 32.9 Å². The van der Waals surface area contributed by atoms with Crippen LogP contribution in [0.4, 0.5) is 0 Å². The lowest BCUT2D eigenvalue weighted by atomic mass is 10.1. The van der Waals surface area contributed by atoms with Crippen molar-refractivity contribution in [2.75, 3.05) is 12.4 Å². The summed E-state index contributed by atoms with van der Waals surface area (Å²) in [5, 5.41) is 11.9. The zero-order chi connectivity index (χ0) is 17.5. The maximum Gasteiger partial charge on any atom is 0.305 e. The van der Waals surface area contributed by atoms with Gasteiger partial charge < -0.3 is 4.74 Å². The number of fused-ring (bicyclic) bond motifs is 3. The number of unbranched alkanes of at least 4 members (excludes halogenated alkanes) is 3. The Bertz CT molecular complexity index is 847. The van der Waals surface area contributed by atoms with Gasteiger partial charge in [-0.1, -0.05) is 48.9 Å². The van der Waals surface area contributed by atoms with Gasteiger partial charge in [-0.15, -0.1) is 10.2 Å². The molecule has 25 heavy (non-hydrogen) atoms. The van der Waals surface area contributed by atoms with Crippen molar-refractivity contribution in [3.8, 4) is 0 Å². The molecular formula is C19H23N3O2S. The van der Waals surface area contributed by atoms with E-state index in [1.807, 2.05) is 25.3 Å². The SMILES string of the molecule is CCOC(=O)CCCCCCSc1nnc2c3ccccc3ccn12. The molecule has 132 valence electrons. The summed E-state index contributed by atoms with van der Waals surface area (Å²) in [6.07, 6.45) is 6.76. The van der Waals surface area contributed by atoms with E-state index in [9.17, 15) is 4.79 Å². The molecule has 0 saturated carbocycles. The lowest BCUT2D eigenvalue weighted by Crippen LogP contribution is -2.03. The maximum absolute atomic E-state index is 11.3. The second kappa shape index (κ2) is 8.85. The fraction of sp³-hybridized carbons (Fsp3) is 0.421. The highest BCUT2D eigenvalue weighted by atomic mass is 32.2. The standard InChI is InChI=1S/C19H23N3O2S/c1-2-24-17(23)11-5-3-4-8-14-25-19-21-20-18-16-10-7-6-9-15(16)12-13-22(18)19/h6-7,9-10,12-13H,2-5,8,11,14H2,1H3. The highest BCUT2D eigenvalue weighted by Crippen LogP contribution is 2.24. The van der Waals surface area contributed by atoms with E-state index in [1.165, 1.54) is 5.39 Å². The van der Waals surface area contributed by atoms with Gasteiger partial charge >= 0.3 is 5.97 Å². The summed E-state index contributed by atoms with van der Waals surface area (Å²) in [6.45, 7) is 2.31. The molecule has 0 fully saturated rings. The van der Waals surface area contributed by atoms with Crippen molar-refractivity contribution in [3.05, 3.63) is 36.5 Å². The lowest BCUT2D eigenvalue weighted by Gasteiger charge is -2.03. The minimum absolute atomic E-state index is 0.0842. The zero-order valence-corrected chi connectivity index (χ0v) is 15.3. The van der Waals surface area contributed by atoms with E-state index >= 15 is 0 Å². The van der Waals surface area contributed by atoms with Gasteiger partial charge in [-0.05, 0) is 31.2 Å². The van der Waals surface area contributed by atoms with E-state index in [1.54, 1.807) is 11.8 Å². The zero-order valence-electron chi connectivity index (χ0n) is 14.5. The molecule has 0 N–H and O–H groups in total. The van der Waals surface area contributed by atoms with E-state index in [2.05, 4.69) is 32.8 Å². The third kappa shape index (κ3) is 4.51. The van der Waals surface area contributed by atoms with E-state index in [0.29, 0.717) is 13.0 Å². The number of rotatable bonds is 9. The summed E-state index contributed by atoms with van der Waals surface area (Å²) in [7, 11) is 0. The normalized spacial score (nSPS) is 11.2. The molecule has 0 spiro atoms. The summed E-state index contributed by atoms with van der Waals surface area (Å²) >= 11 is 1.74. The van der Waals surface area contributed by atoms with Crippen molar-refractivity contribution >= 4 is 34.2 Å². The second-order valence-electron chi connectivity index (χ2n) is 5.90. The Kier molecular flexibility index (Phi) is 6.28. The van der Waals surface area contributed by atoms with E-state index in [4.69, 9.17) is 4.74 Å². The predicted octanol–water partition coefficient (Wildman–Crippen LogP) is 4.49. The molecule has 5 nitrogen and oxygen atoms in total. The minimum Gasteiger partial charge on any atom is -0.466 e. The third-order valence-corrected chi connectivity index (χ3v) is 5.11. The summed E-state index contributed by atoms with van der Waals surface area (Å²) < 4.78 is 6.99.